The fraction of sp³-hybridized carbons (Fsp3) is 0.945. The Labute approximate surface area is 562 Å². The normalized spacial score (nSPS) is 14.1. The lowest BCUT2D eigenvalue weighted by molar-refractivity contribution is -0.161. The van der Waals surface area contributed by atoms with E-state index in [0.717, 1.165) is 108 Å². The highest BCUT2D eigenvalue weighted by Crippen LogP contribution is 2.45. The first-order valence-electron chi connectivity index (χ1n) is 37.8. The van der Waals surface area contributed by atoms with Gasteiger partial charge in [0.1, 0.15) is 19.3 Å². The third-order valence-electron chi connectivity index (χ3n) is 16.9. The number of aliphatic hydroxyl groups excluding tert-OH is 1. The summed E-state index contributed by atoms with van der Waals surface area (Å²) in [5.74, 6) is 0.150. The van der Waals surface area contributed by atoms with Crippen molar-refractivity contribution in [1.29, 1.82) is 0 Å². The summed E-state index contributed by atoms with van der Waals surface area (Å²) in [6.07, 6.45) is 48.6. The number of hydrogen-bond acceptors (Lipinski definition) is 15. The van der Waals surface area contributed by atoms with Crippen molar-refractivity contribution in [2.45, 2.75) is 388 Å². The molecular formula is C73H142O17P2. The zero-order valence-electron chi connectivity index (χ0n) is 60.0. The minimum atomic E-state index is -4.96. The summed E-state index contributed by atoms with van der Waals surface area (Å²) in [5, 5.41) is 10.6. The molecule has 17 nitrogen and oxygen atoms in total. The molecule has 0 heterocycles. The second-order valence-corrected chi connectivity index (χ2v) is 30.7. The van der Waals surface area contributed by atoms with Crippen molar-refractivity contribution in [1.82, 2.24) is 0 Å². The summed E-state index contributed by atoms with van der Waals surface area (Å²) in [4.78, 5) is 72.6. The van der Waals surface area contributed by atoms with Gasteiger partial charge >= 0.3 is 39.5 Å². The molecule has 0 amide bonds. The molecule has 19 heteroatoms. The van der Waals surface area contributed by atoms with Crippen LogP contribution in [0.25, 0.3) is 0 Å². The lowest BCUT2D eigenvalue weighted by atomic mass is 10.0. The van der Waals surface area contributed by atoms with Crippen LogP contribution in [0, 0.1) is 17.8 Å². The van der Waals surface area contributed by atoms with Crippen LogP contribution in [0.3, 0.4) is 0 Å². The number of rotatable bonds is 71. The van der Waals surface area contributed by atoms with Gasteiger partial charge in [0.2, 0.25) is 0 Å². The number of unbranched alkanes of at least 4 members (excludes halogenated alkanes) is 39. The largest absolute Gasteiger partial charge is 0.472 e. The Bertz CT molecular complexity index is 1800. The third kappa shape index (κ3) is 66.7. The minimum absolute atomic E-state index is 0.106. The Morgan fingerprint density at radius 3 is 0.739 bits per heavy atom. The van der Waals surface area contributed by atoms with Crippen molar-refractivity contribution in [3.8, 4) is 0 Å². The van der Waals surface area contributed by atoms with Gasteiger partial charge in [0, 0.05) is 25.7 Å². The fourth-order valence-corrected chi connectivity index (χ4v) is 12.7. The molecule has 92 heavy (non-hydrogen) atoms. The van der Waals surface area contributed by atoms with Gasteiger partial charge in [-0.3, -0.25) is 37.3 Å². The van der Waals surface area contributed by atoms with Crippen LogP contribution >= 0.6 is 15.6 Å². The first-order chi connectivity index (χ1) is 44.2. The predicted octanol–water partition coefficient (Wildman–Crippen LogP) is 21.0. The zero-order valence-corrected chi connectivity index (χ0v) is 61.8. The van der Waals surface area contributed by atoms with Crippen LogP contribution in [-0.2, 0) is 65.4 Å². The molecule has 0 aliphatic heterocycles. The van der Waals surface area contributed by atoms with Crippen LogP contribution in [0.1, 0.15) is 370 Å². The summed E-state index contributed by atoms with van der Waals surface area (Å²) >= 11 is 0. The van der Waals surface area contributed by atoms with E-state index >= 15 is 0 Å². The molecule has 5 atom stereocenters. The summed E-state index contributed by atoms with van der Waals surface area (Å²) in [6.45, 7) is 11.8. The van der Waals surface area contributed by atoms with Crippen LogP contribution < -0.4 is 0 Å². The molecule has 0 aliphatic carbocycles. The molecule has 0 spiro atoms. The van der Waals surface area contributed by atoms with Crippen LogP contribution in [0.15, 0.2) is 0 Å². The van der Waals surface area contributed by atoms with Gasteiger partial charge < -0.3 is 33.8 Å². The van der Waals surface area contributed by atoms with E-state index in [1.807, 2.05) is 0 Å². The Morgan fingerprint density at radius 1 is 0.293 bits per heavy atom. The van der Waals surface area contributed by atoms with Crippen molar-refractivity contribution in [3.05, 3.63) is 0 Å². The van der Waals surface area contributed by atoms with Crippen LogP contribution in [0.5, 0.6) is 0 Å². The molecule has 0 aromatic rings. The molecule has 0 aromatic heterocycles. The number of ether oxygens (including phenoxy) is 4. The topological polar surface area (TPSA) is 237 Å². The second-order valence-electron chi connectivity index (χ2n) is 27.8. The quantitative estimate of drug-likeness (QED) is 0.0222. The molecular weight excluding hydrogens is 1210 g/mol. The Balaban J connectivity index is 5.24. The Hall–Kier alpha value is -1.94. The van der Waals surface area contributed by atoms with E-state index in [9.17, 15) is 43.2 Å². The van der Waals surface area contributed by atoms with Crippen LogP contribution in [-0.4, -0.2) is 96.7 Å². The average Bonchev–Trinajstić information content (AvgIpc) is 2.44. The molecule has 0 saturated carbocycles. The van der Waals surface area contributed by atoms with Gasteiger partial charge in [-0.1, -0.05) is 318 Å². The molecule has 0 rings (SSSR count). The Morgan fingerprint density at radius 2 is 0.500 bits per heavy atom. The average molecular weight is 1350 g/mol. The van der Waals surface area contributed by atoms with E-state index in [1.54, 1.807) is 0 Å². The number of hydrogen-bond donors (Lipinski definition) is 3. The van der Waals surface area contributed by atoms with E-state index < -0.39 is 97.5 Å². The molecule has 0 bridgehead atoms. The maximum absolute atomic E-state index is 13.1. The minimum Gasteiger partial charge on any atom is -0.462 e. The molecule has 0 aliphatic rings. The van der Waals surface area contributed by atoms with Crippen molar-refractivity contribution < 1.29 is 80.2 Å². The summed E-state index contributed by atoms with van der Waals surface area (Å²) < 4.78 is 68.4. The van der Waals surface area contributed by atoms with Gasteiger partial charge in [-0.2, -0.15) is 0 Å². The Kier molecular flexibility index (Phi) is 62.4. The number of carbonyl (C=O) groups excluding carboxylic acids is 4. The highest BCUT2D eigenvalue weighted by Gasteiger charge is 2.30. The van der Waals surface area contributed by atoms with E-state index in [2.05, 4.69) is 48.5 Å². The van der Waals surface area contributed by atoms with E-state index in [1.165, 1.54) is 173 Å². The van der Waals surface area contributed by atoms with Gasteiger partial charge in [-0.15, -0.1) is 0 Å². The van der Waals surface area contributed by atoms with Gasteiger partial charge in [0.05, 0.1) is 26.4 Å². The van der Waals surface area contributed by atoms with E-state index in [0.29, 0.717) is 31.6 Å². The molecule has 0 fully saturated rings. The SMILES string of the molecule is CCCCCCCCCCCCCC(=O)O[C@H](COC(=O)CCCCCCCCCC(C)C)COP(=O)(O)OC[C@H](O)COP(=O)(O)OC[C@@H](COC(=O)CCCCCCCCCCCCCC(C)C)OC(=O)CCCCCCCCCCCCCCCCC(C)C. The lowest BCUT2D eigenvalue weighted by Gasteiger charge is -2.21. The maximum atomic E-state index is 13.1. The number of esters is 4. The summed E-state index contributed by atoms with van der Waals surface area (Å²) in [5.41, 5.74) is 0. The molecule has 0 saturated heterocycles. The summed E-state index contributed by atoms with van der Waals surface area (Å²) in [6, 6.07) is 0. The van der Waals surface area contributed by atoms with Gasteiger partial charge in [0.15, 0.2) is 12.2 Å². The van der Waals surface area contributed by atoms with Crippen molar-refractivity contribution >= 4 is 39.5 Å². The molecule has 3 N–H and O–H groups in total. The predicted molar refractivity (Wildman–Crippen MR) is 372 cm³/mol. The summed E-state index contributed by atoms with van der Waals surface area (Å²) in [7, 11) is -9.91. The smallest absolute Gasteiger partial charge is 0.462 e. The number of carbonyl (C=O) groups is 4. The van der Waals surface area contributed by atoms with Crippen molar-refractivity contribution in [3.63, 3.8) is 0 Å². The molecule has 0 aromatic carbocycles. The van der Waals surface area contributed by atoms with Crippen molar-refractivity contribution in [2.75, 3.05) is 39.6 Å². The fourth-order valence-electron chi connectivity index (χ4n) is 11.1. The van der Waals surface area contributed by atoms with Gasteiger partial charge in [-0.05, 0) is 43.4 Å². The van der Waals surface area contributed by atoms with Gasteiger partial charge in [-0.25, -0.2) is 9.13 Å². The third-order valence-corrected chi connectivity index (χ3v) is 18.8. The second kappa shape index (κ2) is 63.8. The first-order valence-corrected chi connectivity index (χ1v) is 40.8. The van der Waals surface area contributed by atoms with E-state index in [-0.39, 0.29) is 25.7 Å². The standard InChI is InChI=1S/C73H142O17P2/c1-8-9-10-11-12-13-19-27-34-42-49-56-72(77)90-69(61-84-71(76)55-48-41-36-29-32-39-46-53-66(6)7)63-88-92(81,82)86-59-67(74)58-85-91(79,80)87-62-68(60-83-70(75)54-47-40-33-26-23-18-21-25-31-38-45-52-65(4)5)89-73(78)57-50-43-35-28-22-17-15-14-16-20-24-30-37-44-51-64(2)3/h64-69,74H,8-63H2,1-7H3,(H,79,80)(H,81,82)/t67-,68-,69-/m1/s1. The highest BCUT2D eigenvalue weighted by atomic mass is 31.2. The van der Waals surface area contributed by atoms with Gasteiger partial charge in [0.25, 0.3) is 0 Å². The monoisotopic (exact) mass is 1350 g/mol. The first kappa shape index (κ1) is 90.1. The zero-order chi connectivity index (χ0) is 68.0. The number of phosphoric acid groups is 2. The van der Waals surface area contributed by atoms with Crippen LogP contribution in [0.4, 0.5) is 0 Å². The molecule has 546 valence electrons. The maximum Gasteiger partial charge on any atom is 0.472 e. The van der Waals surface area contributed by atoms with Crippen LogP contribution in [0.2, 0.25) is 0 Å². The number of aliphatic hydroxyl groups is 1. The number of phosphoric ester groups is 2. The van der Waals surface area contributed by atoms with Crippen molar-refractivity contribution in [2.24, 2.45) is 17.8 Å². The molecule has 2 unspecified atom stereocenters. The molecule has 0 radical (unpaired) electrons. The lowest BCUT2D eigenvalue weighted by Crippen LogP contribution is -2.30. The van der Waals surface area contributed by atoms with E-state index in [4.69, 9.17) is 37.0 Å². The highest BCUT2D eigenvalue weighted by molar-refractivity contribution is 7.47.